The number of rotatable bonds is 6. The lowest BCUT2D eigenvalue weighted by Gasteiger charge is -2.15. The van der Waals surface area contributed by atoms with Crippen LogP contribution in [0.4, 0.5) is 11.4 Å². The van der Waals surface area contributed by atoms with E-state index < -0.39 is 0 Å². The summed E-state index contributed by atoms with van der Waals surface area (Å²) in [5.41, 5.74) is 3.07. The number of hydrogen-bond donors (Lipinski definition) is 2. The maximum Gasteiger partial charge on any atom is 0.175 e. The average Bonchev–Trinajstić information content (AvgIpc) is 2.61. The zero-order valence-corrected chi connectivity index (χ0v) is 15.4. The molecule has 0 aliphatic heterocycles. The van der Waals surface area contributed by atoms with E-state index in [1.165, 1.54) is 5.56 Å². The van der Waals surface area contributed by atoms with E-state index in [0.29, 0.717) is 16.8 Å². The summed E-state index contributed by atoms with van der Waals surface area (Å²) in [6.07, 6.45) is 1.13. The quantitative estimate of drug-likeness (QED) is 0.720. The average molecular weight is 344 g/mol. The summed E-state index contributed by atoms with van der Waals surface area (Å²) in [4.78, 5) is 0. The number of methoxy groups -OCH3 is 2. The van der Waals surface area contributed by atoms with Gasteiger partial charge in [0.05, 0.1) is 19.9 Å². The molecule has 0 radical (unpaired) electrons. The Labute approximate surface area is 149 Å². The Morgan fingerprint density at radius 3 is 2.33 bits per heavy atom. The van der Waals surface area contributed by atoms with Crippen LogP contribution in [0.25, 0.3) is 0 Å². The Morgan fingerprint density at radius 2 is 1.75 bits per heavy atom. The van der Waals surface area contributed by atoms with Crippen LogP contribution >= 0.6 is 12.2 Å². The van der Waals surface area contributed by atoms with E-state index >= 15 is 0 Å². The molecule has 0 saturated carbocycles. The molecule has 0 fully saturated rings. The maximum atomic E-state index is 5.39. The molecule has 0 spiro atoms. The molecule has 24 heavy (non-hydrogen) atoms. The van der Waals surface area contributed by atoms with Crippen molar-refractivity contribution in [2.75, 3.05) is 24.9 Å². The Morgan fingerprint density at radius 1 is 1.04 bits per heavy atom. The first-order chi connectivity index (χ1) is 11.6. The van der Waals surface area contributed by atoms with Crippen LogP contribution in [-0.4, -0.2) is 19.3 Å². The molecule has 2 aromatic rings. The molecule has 0 aliphatic rings. The molecule has 0 aromatic heterocycles. The second-order valence-corrected chi connectivity index (χ2v) is 5.98. The highest BCUT2D eigenvalue weighted by Gasteiger charge is 2.07. The summed E-state index contributed by atoms with van der Waals surface area (Å²) >= 11 is 5.39. The largest absolute Gasteiger partial charge is 0.497 e. The minimum atomic E-state index is 0.509. The Bertz CT molecular complexity index is 686. The lowest BCUT2D eigenvalue weighted by Crippen LogP contribution is -2.19. The van der Waals surface area contributed by atoms with E-state index in [0.717, 1.165) is 23.5 Å². The molecule has 128 valence electrons. The predicted molar refractivity (Wildman–Crippen MR) is 105 cm³/mol. The summed E-state index contributed by atoms with van der Waals surface area (Å²) in [5, 5.41) is 6.85. The second-order valence-electron chi connectivity index (χ2n) is 5.58. The second kappa shape index (κ2) is 8.55. The summed E-state index contributed by atoms with van der Waals surface area (Å²) in [7, 11) is 3.24. The predicted octanol–water partition coefficient (Wildman–Crippen LogP) is 5.03. The highest BCUT2D eigenvalue weighted by atomic mass is 32.1. The fourth-order valence-corrected chi connectivity index (χ4v) is 2.54. The number of nitrogens with one attached hydrogen (secondary N) is 2. The summed E-state index contributed by atoms with van der Waals surface area (Å²) < 4.78 is 10.6. The van der Waals surface area contributed by atoms with Crippen LogP contribution in [-0.2, 0) is 0 Å². The zero-order chi connectivity index (χ0) is 17.5. The van der Waals surface area contributed by atoms with E-state index in [4.69, 9.17) is 21.7 Å². The minimum Gasteiger partial charge on any atom is -0.497 e. The maximum absolute atomic E-state index is 5.39. The molecule has 0 saturated heterocycles. The van der Waals surface area contributed by atoms with Crippen molar-refractivity contribution in [2.45, 2.75) is 26.2 Å². The number of benzene rings is 2. The SMILES string of the molecule is CCC(C)c1ccc(NC(=S)Nc2ccc(OC)cc2OC)cc1. The fraction of sp³-hybridized carbons (Fsp3) is 0.316. The smallest absolute Gasteiger partial charge is 0.175 e. The van der Waals surface area contributed by atoms with Crippen molar-refractivity contribution >= 4 is 28.7 Å². The van der Waals surface area contributed by atoms with Gasteiger partial charge in [0.2, 0.25) is 0 Å². The van der Waals surface area contributed by atoms with Crippen molar-refractivity contribution in [1.29, 1.82) is 0 Å². The van der Waals surface area contributed by atoms with Crippen LogP contribution < -0.4 is 20.1 Å². The van der Waals surface area contributed by atoms with Gasteiger partial charge in [-0.25, -0.2) is 0 Å². The number of ether oxygens (including phenoxy) is 2. The topological polar surface area (TPSA) is 42.5 Å². The molecule has 1 atom stereocenters. The molecule has 2 rings (SSSR count). The van der Waals surface area contributed by atoms with Gasteiger partial charge in [0.25, 0.3) is 0 Å². The number of thiocarbonyl (C=S) groups is 1. The van der Waals surface area contributed by atoms with Gasteiger partial charge in [-0.2, -0.15) is 0 Å². The first-order valence-electron chi connectivity index (χ1n) is 7.97. The molecular weight excluding hydrogens is 320 g/mol. The van der Waals surface area contributed by atoms with Gasteiger partial charge < -0.3 is 20.1 Å². The van der Waals surface area contributed by atoms with E-state index in [9.17, 15) is 0 Å². The van der Waals surface area contributed by atoms with Crippen molar-refractivity contribution in [1.82, 2.24) is 0 Å². The summed E-state index contributed by atoms with van der Waals surface area (Å²) in [5.74, 6) is 1.97. The Kier molecular flexibility index (Phi) is 6.44. The molecule has 2 N–H and O–H groups in total. The fourth-order valence-electron chi connectivity index (χ4n) is 2.32. The highest BCUT2D eigenvalue weighted by molar-refractivity contribution is 7.80. The van der Waals surface area contributed by atoms with Crippen LogP contribution in [0.3, 0.4) is 0 Å². The molecule has 0 amide bonds. The number of hydrogen-bond acceptors (Lipinski definition) is 3. The minimum absolute atomic E-state index is 0.509. The molecule has 0 bridgehead atoms. The third kappa shape index (κ3) is 4.61. The molecule has 4 nitrogen and oxygen atoms in total. The van der Waals surface area contributed by atoms with Crippen LogP contribution in [0.2, 0.25) is 0 Å². The molecule has 0 aliphatic carbocycles. The lowest BCUT2D eigenvalue weighted by molar-refractivity contribution is 0.395. The lowest BCUT2D eigenvalue weighted by atomic mass is 9.99. The normalized spacial score (nSPS) is 11.5. The van der Waals surface area contributed by atoms with E-state index in [-0.39, 0.29) is 0 Å². The molecule has 1 unspecified atom stereocenters. The van der Waals surface area contributed by atoms with Crippen LogP contribution in [0.1, 0.15) is 31.7 Å². The van der Waals surface area contributed by atoms with Gasteiger partial charge in [-0.15, -0.1) is 0 Å². The standard InChI is InChI=1S/C19H24N2O2S/c1-5-13(2)14-6-8-15(9-7-14)20-19(24)21-17-11-10-16(22-3)12-18(17)23-4/h6-13H,5H2,1-4H3,(H2,20,21,24). The van der Waals surface area contributed by atoms with Gasteiger partial charge >= 0.3 is 0 Å². The third-order valence-electron chi connectivity index (χ3n) is 4.01. The first-order valence-corrected chi connectivity index (χ1v) is 8.38. The molecular formula is C19H24N2O2S. The Hall–Kier alpha value is -2.27. The van der Waals surface area contributed by atoms with E-state index in [2.05, 4.69) is 36.6 Å². The van der Waals surface area contributed by atoms with Crippen molar-refractivity contribution in [2.24, 2.45) is 0 Å². The monoisotopic (exact) mass is 344 g/mol. The molecule has 5 heteroatoms. The van der Waals surface area contributed by atoms with Crippen LogP contribution in [0, 0.1) is 0 Å². The van der Waals surface area contributed by atoms with Crippen molar-refractivity contribution in [3.63, 3.8) is 0 Å². The van der Waals surface area contributed by atoms with Crippen LogP contribution in [0.5, 0.6) is 11.5 Å². The van der Waals surface area contributed by atoms with Gasteiger partial charge in [-0.1, -0.05) is 26.0 Å². The summed E-state index contributed by atoms with van der Waals surface area (Å²) in [6.45, 7) is 4.42. The van der Waals surface area contributed by atoms with Crippen LogP contribution in [0.15, 0.2) is 42.5 Å². The Balaban J connectivity index is 2.03. The van der Waals surface area contributed by atoms with Gasteiger partial charge in [0, 0.05) is 11.8 Å². The summed E-state index contributed by atoms with van der Waals surface area (Å²) in [6, 6.07) is 13.9. The molecule has 2 aromatic carbocycles. The number of anilines is 2. The molecule has 0 heterocycles. The van der Waals surface area contributed by atoms with Crippen molar-refractivity contribution < 1.29 is 9.47 Å². The van der Waals surface area contributed by atoms with Crippen molar-refractivity contribution in [3.8, 4) is 11.5 Å². The van der Waals surface area contributed by atoms with Gasteiger partial charge in [0.1, 0.15) is 11.5 Å². The van der Waals surface area contributed by atoms with Gasteiger partial charge in [0.15, 0.2) is 5.11 Å². The third-order valence-corrected chi connectivity index (χ3v) is 4.21. The van der Waals surface area contributed by atoms with Gasteiger partial charge in [-0.3, -0.25) is 0 Å². The van der Waals surface area contributed by atoms with E-state index in [1.54, 1.807) is 14.2 Å². The van der Waals surface area contributed by atoms with E-state index in [1.807, 2.05) is 30.3 Å². The van der Waals surface area contributed by atoms with Gasteiger partial charge in [-0.05, 0) is 54.4 Å². The first kappa shape index (κ1) is 18.1. The zero-order valence-electron chi connectivity index (χ0n) is 14.6. The highest BCUT2D eigenvalue weighted by Crippen LogP contribution is 2.29. The van der Waals surface area contributed by atoms with Crippen molar-refractivity contribution in [3.05, 3.63) is 48.0 Å².